The largest absolute Gasteiger partial charge is 0.507 e. The molecule has 1 aliphatic rings. The van der Waals surface area contributed by atoms with E-state index in [9.17, 15) is 14.7 Å². The Hall–Kier alpha value is -3.88. The summed E-state index contributed by atoms with van der Waals surface area (Å²) in [5.74, 6) is -0.553. The van der Waals surface area contributed by atoms with Crippen molar-refractivity contribution < 1.29 is 24.2 Å². The number of ether oxygens (including phenoxy) is 2. The van der Waals surface area contributed by atoms with E-state index in [0.717, 1.165) is 4.70 Å². The fourth-order valence-electron chi connectivity index (χ4n) is 4.15. The summed E-state index contributed by atoms with van der Waals surface area (Å²) >= 11 is 7.37. The van der Waals surface area contributed by atoms with Gasteiger partial charge in [0.15, 0.2) is 5.13 Å². The normalized spacial score (nSPS) is 17.1. The summed E-state index contributed by atoms with van der Waals surface area (Å²) < 4.78 is 11.6. The van der Waals surface area contributed by atoms with Gasteiger partial charge in [-0.25, -0.2) is 4.98 Å². The number of fused-ring (bicyclic) bond motifs is 1. The number of benzene rings is 3. The Morgan fingerprint density at radius 1 is 1.06 bits per heavy atom. The highest BCUT2D eigenvalue weighted by atomic mass is 35.5. The van der Waals surface area contributed by atoms with Crippen LogP contribution in [-0.2, 0) is 9.59 Å². The number of rotatable bonds is 6. The Morgan fingerprint density at radius 3 is 2.42 bits per heavy atom. The lowest BCUT2D eigenvalue weighted by atomic mass is 9.95. The molecule has 1 aliphatic heterocycles. The van der Waals surface area contributed by atoms with Crippen LogP contribution >= 0.6 is 22.9 Å². The summed E-state index contributed by atoms with van der Waals surface area (Å²) in [6, 6.07) is 18.0. The van der Waals surface area contributed by atoms with Gasteiger partial charge >= 0.3 is 5.91 Å². The molecule has 36 heavy (non-hydrogen) atoms. The van der Waals surface area contributed by atoms with Gasteiger partial charge in [0.05, 0.1) is 35.5 Å². The van der Waals surface area contributed by atoms with E-state index in [4.69, 9.17) is 21.1 Å². The molecule has 9 heteroatoms. The first kappa shape index (κ1) is 23.8. The van der Waals surface area contributed by atoms with Gasteiger partial charge in [0.25, 0.3) is 5.78 Å². The maximum absolute atomic E-state index is 13.4. The second-order valence-electron chi connectivity index (χ2n) is 8.01. The van der Waals surface area contributed by atoms with Gasteiger partial charge in [-0.2, -0.15) is 0 Å². The number of nitrogens with zero attached hydrogens (tertiary/aromatic N) is 2. The van der Waals surface area contributed by atoms with E-state index in [0.29, 0.717) is 44.9 Å². The lowest BCUT2D eigenvalue weighted by Crippen LogP contribution is -2.29. The quantitative estimate of drug-likeness (QED) is 0.191. The summed E-state index contributed by atoms with van der Waals surface area (Å²) in [6.07, 6.45) is 0. The molecule has 5 rings (SSSR count). The summed E-state index contributed by atoms with van der Waals surface area (Å²) in [7, 11) is 1.54. The number of Topliss-reactive ketones (excluding diaryl/α,β-unsaturated/α-hetero) is 1. The number of aliphatic hydroxyl groups excluding tert-OH is 1. The van der Waals surface area contributed by atoms with Gasteiger partial charge < -0.3 is 14.6 Å². The molecular weight excluding hydrogens is 500 g/mol. The van der Waals surface area contributed by atoms with E-state index < -0.39 is 17.7 Å². The molecule has 0 bridgehead atoms. The van der Waals surface area contributed by atoms with Gasteiger partial charge in [0.2, 0.25) is 0 Å². The molecule has 1 fully saturated rings. The van der Waals surface area contributed by atoms with Gasteiger partial charge in [0, 0.05) is 10.6 Å². The molecule has 3 aromatic carbocycles. The number of hydrogen-bond acceptors (Lipinski definition) is 7. The summed E-state index contributed by atoms with van der Waals surface area (Å²) in [6.45, 7) is 2.42. The van der Waals surface area contributed by atoms with E-state index in [1.807, 2.05) is 25.1 Å². The minimum absolute atomic E-state index is 0.0262. The number of hydrogen-bond donors (Lipinski definition) is 1. The predicted octanol–water partition coefficient (Wildman–Crippen LogP) is 5.98. The zero-order valence-electron chi connectivity index (χ0n) is 19.4. The van der Waals surface area contributed by atoms with E-state index in [2.05, 4.69) is 4.98 Å². The van der Waals surface area contributed by atoms with Crippen molar-refractivity contribution >= 4 is 55.7 Å². The van der Waals surface area contributed by atoms with Crippen LogP contribution in [0.1, 0.15) is 24.1 Å². The van der Waals surface area contributed by atoms with E-state index in [1.165, 1.54) is 23.3 Å². The van der Waals surface area contributed by atoms with Gasteiger partial charge in [-0.15, -0.1) is 0 Å². The second-order valence-corrected chi connectivity index (χ2v) is 9.45. The Balaban J connectivity index is 1.67. The molecule has 0 spiro atoms. The number of carbonyl (C=O) groups is 2. The molecule has 1 N–H and O–H groups in total. The molecule has 1 saturated heterocycles. The maximum Gasteiger partial charge on any atom is 0.301 e. The Bertz CT molecular complexity index is 1500. The zero-order valence-corrected chi connectivity index (χ0v) is 21.0. The third-order valence-electron chi connectivity index (χ3n) is 5.86. The van der Waals surface area contributed by atoms with E-state index in [1.54, 1.807) is 48.5 Å². The fraction of sp³-hybridized carbons (Fsp3) is 0.148. The number of aromatic nitrogens is 1. The van der Waals surface area contributed by atoms with Crippen LogP contribution in [0.3, 0.4) is 0 Å². The lowest BCUT2D eigenvalue weighted by Gasteiger charge is -2.23. The smallest absolute Gasteiger partial charge is 0.301 e. The lowest BCUT2D eigenvalue weighted by molar-refractivity contribution is -0.132. The second kappa shape index (κ2) is 9.64. The molecule has 1 atom stereocenters. The number of anilines is 1. The standard InChI is InChI=1S/C27H21ClN2O5S/c1-3-35-19-12-13-20-21(14-19)36-27(29-20)30-23(15-4-8-17(28)9-5-15)22(25(32)26(30)33)24(31)16-6-10-18(34-2)11-7-16/h4-14,23,31H,3H2,1-2H3/b24-22+/t23-/m1/s1. The number of methoxy groups -OCH3 is 1. The van der Waals surface area contributed by atoms with Gasteiger partial charge in [0.1, 0.15) is 17.3 Å². The van der Waals surface area contributed by atoms with Crippen LogP contribution in [0.2, 0.25) is 5.02 Å². The average Bonchev–Trinajstić information content (AvgIpc) is 3.42. The SMILES string of the molecule is CCOc1ccc2nc(N3C(=O)C(=O)/C(=C(/O)c4ccc(OC)cc4)[C@H]3c3ccc(Cl)cc3)sc2c1. The van der Waals surface area contributed by atoms with Crippen molar-refractivity contribution in [1.82, 2.24) is 4.98 Å². The van der Waals surface area contributed by atoms with Crippen molar-refractivity contribution in [2.24, 2.45) is 0 Å². The van der Waals surface area contributed by atoms with Crippen molar-refractivity contribution in [1.29, 1.82) is 0 Å². The molecule has 0 unspecified atom stereocenters. The Labute approximate surface area is 216 Å². The first-order valence-electron chi connectivity index (χ1n) is 11.2. The molecule has 4 aromatic rings. The fourth-order valence-corrected chi connectivity index (χ4v) is 5.29. The van der Waals surface area contributed by atoms with Crippen LogP contribution in [-0.4, -0.2) is 35.5 Å². The monoisotopic (exact) mass is 520 g/mol. The molecular formula is C27H21ClN2O5S. The minimum Gasteiger partial charge on any atom is -0.507 e. The summed E-state index contributed by atoms with van der Waals surface area (Å²) in [4.78, 5) is 32.7. The molecule has 0 saturated carbocycles. The van der Waals surface area contributed by atoms with E-state index >= 15 is 0 Å². The highest BCUT2D eigenvalue weighted by molar-refractivity contribution is 7.22. The summed E-state index contributed by atoms with van der Waals surface area (Å²) in [5.41, 5.74) is 1.65. The first-order valence-corrected chi connectivity index (χ1v) is 12.3. The van der Waals surface area contributed by atoms with Crippen molar-refractivity contribution in [2.45, 2.75) is 13.0 Å². The van der Waals surface area contributed by atoms with Gasteiger partial charge in [-0.05, 0) is 67.1 Å². The molecule has 7 nitrogen and oxygen atoms in total. The zero-order chi connectivity index (χ0) is 25.4. The molecule has 0 aliphatic carbocycles. The van der Waals surface area contributed by atoms with Crippen molar-refractivity contribution in [2.75, 3.05) is 18.6 Å². The number of amides is 1. The third-order valence-corrected chi connectivity index (χ3v) is 7.13. The van der Waals surface area contributed by atoms with Crippen LogP contribution in [0.4, 0.5) is 5.13 Å². The highest BCUT2D eigenvalue weighted by Gasteiger charge is 2.48. The third kappa shape index (κ3) is 4.19. The van der Waals surface area contributed by atoms with Crippen LogP contribution in [0.5, 0.6) is 11.5 Å². The highest BCUT2D eigenvalue weighted by Crippen LogP contribution is 2.44. The van der Waals surface area contributed by atoms with Crippen molar-refractivity contribution in [3.8, 4) is 11.5 Å². The van der Waals surface area contributed by atoms with Crippen LogP contribution in [0, 0.1) is 0 Å². The van der Waals surface area contributed by atoms with Gasteiger partial charge in [-0.1, -0.05) is 35.1 Å². The molecule has 1 aromatic heterocycles. The molecule has 182 valence electrons. The van der Waals surface area contributed by atoms with Crippen LogP contribution in [0.15, 0.2) is 72.3 Å². The first-order chi connectivity index (χ1) is 17.4. The molecule has 2 heterocycles. The van der Waals surface area contributed by atoms with Crippen LogP contribution in [0.25, 0.3) is 16.0 Å². The molecule has 1 amide bonds. The van der Waals surface area contributed by atoms with Crippen molar-refractivity contribution in [3.05, 3.63) is 88.5 Å². The predicted molar refractivity (Wildman–Crippen MR) is 140 cm³/mol. The Morgan fingerprint density at radius 2 is 1.75 bits per heavy atom. The molecule has 0 radical (unpaired) electrons. The maximum atomic E-state index is 13.4. The number of thiazole rings is 1. The van der Waals surface area contributed by atoms with Crippen molar-refractivity contribution in [3.63, 3.8) is 0 Å². The number of aliphatic hydroxyl groups is 1. The number of ketones is 1. The average molecular weight is 521 g/mol. The minimum atomic E-state index is -0.892. The Kier molecular flexibility index (Phi) is 6.38. The van der Waals surface area contributed by atoms with E-state index in [-0.39, 0.29) is 11.3 Å². The van der Waals surface area contributed by atoms with Crippen LogP contribution < -0.4 is 14.4 Å². The topological polar surface area (TPSA) is 89.0 Å². The summed E-state index contributed by atoms with van der Waals surface area (Å²) in [5, 5.41) is 12.1. The van der Waals surface area contributed by atoms with Gasteiger partial charge in [-0.3, -0.25) is 14.5 Å². The number of carbonyl (C=O) groups excluding carboxylic acids is 2. The number of halogens is 1.